The molecule has 0 spiro atoms. The number of benzene rings is 1. The van der Waals surface area contributed by atoms with Crippen molar-refractivity contribution in [2.24, 2.45) is 5.92 Å². The topological polar surface area (TPSA) is 70.7 Å². The molecule has 1 aliphatic rings. The van der Waals surface area contributed by atoms with Gasteiger partial charge < -0.3 is 15.4 Å². The second-order valence-corrected chi connectivity index (χ2v) is 6.94. The number of esters is 1. The summed E-state index contributed by atoms with van der Waals surface area (Å²) in [7, 11) is 1.34. The van der Waals surface area contributed by atoms with Gasteiger partial charge in [0, 0.05) is 24.8 Å². The number of urea groups is 1. The van der Waals surface area contributed by atoms with Crippen LogP contribution in [0, 0.1) is 5.92 Å². The second kappa shape index (κ2) is 9.42. The maximum absolute atomic E-state index is 12.1. The highest BCUT2D eigenvalue weighted by Gasteiger charge is 2.23. The van der Waals surface area contributed by atoms with Crippen LogP contribution >= 0.6 is 0 Å². The molecule has 1 aromatic rings. The number of hydrogen-bond donors (Lipinski definition) is 2. The molecule has 6 nitrogen and oxygen atoms in total. The highest BCUT2D eigenvalue weighted by Crippen LogP contribution is 2.18. The van der Waals surface area contributed by atoms with Crippen molar-refractivity contribution >= 4 is 17.7 Å². The van der Waals surface area contributed by atoms with E-state index in [2.05, 4.69) is 34.1 Å². The number of methoxy groups -OCH3 is 1. The summed E-state index contributed by atoms with van der Waals surface area (Å²) in [5, 5.41) is 5.77. The molecule has 1 heterocycles. The van der Waals surface area contributed by atoms with Gasteiger partial charge in [0.25, 0.3) is 0 Å². The standard InChI is InChI=1S/C19H29N3O3/c1-14(2)13-22-11-5-4-6-17(22)12-20-19(24)21-16-9-7-15(8-10-16)18(23)25-3/h7-10,14,17H,4-6,11-13H2,1-3H3,(H2,20,21,24)/t17-/m0/s1. The minimum atomic E-state index is -0.390. The van der Waals surface area contributed by atoms with E-state index in [-0.39, 0.29) is 6.03 Å². The average molecular weight is 347 g/mol. The van der Waals surface area contributed by atoms with E-state index in [4.69, 9.17) is 0 Å². The summed E-state index contributed by atoms with van der Waals surface area (Å²) in [6.07, 6.45) is 3.58. The van der Waals surface area contributed by atoms with Crippen molar-refractivity contribution in [1.82, 2.24) is 10.2 Å². The number of anilines is 1. The summed E-state index contributed by atoms with van der Waals surface area (Å²) in [6.45, 7) is 7.29. The molecule has 1 atom stereocenters. The van der Waals surface area contributed by atoms with Gasteiger partial charge >= 0.3 is 12.0 Å². The molecule has 0 bridgehead atoms. The Bertz CT molecular complexity index is 572. The minimum Gasteiger partial charge on any atom is -0.465 e. The molecular formula is C19H29N3O3. The predicted molar refractivity (Wildman–Crippen MR) is 98.9 cm³/mol. The molecule has 1 aliphatic heterocycles. The Morgan fingerprint density at radius 3 is 2.60 bits per heavy atom. The number of nitrogens with zero attached hydrogens (tertiary/aromatic N) is 1. The predicted octanol–water partition coefficient (Wildman–Crippen LogP) is 3.11. The first-order chi connectivity index (χ1) is 12.0. The van der Waals surface area contributed by atoms with Gasteiger partial charge in [-0.25, -0.2) is 9.59 Å². The Kier molecular flexibility index (Phi) is 7.25. The molecule has 2 N–H and O–H groups in total. The number of amides is 2. The average Bonchev–Trinajstić information content (AvgIpc) is 2.60. The number of rotatable bonds is 6. The number of ether oxygens (including phenoxy) is 1. The Labute approximate surface area is 149 Å². The first kappa shape index (κ1) is 19.2. The molecule has 2 amide bonds. The van der Waals surface area contributed by atoms with E-state index >= 15 is 0 Å². The van der Waals surface area contributed by atoms with Gasteiger partial charge in [-0.05, 0) is 49.6 Å². The molecule has 0 aliphatic carbocycles. The number of piperidine rings is 1. The molecule has 2 rings (SSSR count). The zero-order valence-electron chi connectivity index (χ0n) is 15.4. The molecule has 6 heteroatoms. The first-order valence-electron chi connectivity index (χ1n) is 8.97. The maximum atomic E-state index is 12.1. The maximum Gasteiger partial charge on any atom is 0.337 e. The molecule has 25 heavy (non-hydrogen) atoms. The van der Waals surface area contributed by atoms with Crippen molar-refractivity contribution in [2.75, 3.05) is 32.1 Å². The highest BCUT2D eigenvalue weighted by molar-refractivity contribution is 5.92. The van der Waals surface area contributed by atoms with Crippen molar-refractivity contribution < 1.29 is 14.3 Å². The van der Waals surface area contributed by atoms with Gasteiger partial charge in [0.2, 0.25) is 0 Å². The van der Waals surface area contributed by atoms with Crippen molar-refractivity contribution in [3.63, 3.8) is 0 Å². The van der Waals surface area contributed by atoms with Crippen LogP contribution in [0.3, 0.4) is 0 Å². The largest absolute Gasteiger partial charge is 0.465 e. The summed E-state index contributed by atoms with van der Waals surface area (Å²) in [4.78, 5) is 26.0. The Hall–Kier alpha value is -2.08. The molecule has 0 aromatic heterocycles. The van der Waals surface area contributed by atoms with Crippen LogP contribution in [0.15, 0.2) is 24.3 Å². The second-order valence-electron chi connectivity index (χ2n) is 6.94. The van der Waals surface area contributed by atoms with Gasteiger partial charge in [0.1, 0.15) is 0 Å². The van der Waals surface area contributed by atoms with Crippen molar-refractivity contribution in [3.8, 4) is 0 Å². The Morgan fingerprint density at radius 2 is 1.96 bits per heavy atom. The fourth-order valence-electron chi connectivity index (χ4n) is 3.19. The van der Waals surface area contributed by atoms with Crippen LogP contribution in [0.2, 0.25) is 0 Å². The lowest BCUT2D eigenvalue weighted by atomic mass is 10.0. The number of hydrogen-bond acceptors (Lipinski definition) is 4. The van der Waals surface area contributed by atoms with Gasteiger partial charge in [-0.1, -0.05) is 20.3 Å². The monoisotopic (exact) mass is 347 g/mol. The van der Waals surface area contributed by atoms with Crippen molar-refractivity contribution in [3.05, 3.63) is 29.8 Å². The van der Waals surface area contributed by atoms with Crippen LogP contribution in [-0.4, -0.2) is 49.7 Å². The van der Waals surface area contributed by atoms with Crippen LogP contribution < -0.4 is 10.6 Å². The molecule has 138 valence electrons. The summed E-state index contributed by atoms with van der Waals surface area (Å²) in [5.74, 6) is 0.237. The molecule has 1 fully saturated rings. The normalized spacial score (nSPS) is 18.0. The number of carbonyl (C=O) groups excluding carboxylic acids is 2. The fourth-order valence-corrected chi connectivity index (χ4v) is 3.19. The smallest absolute Gasteiger partial charge is 0.337 e. The molecule has 0 unspecified atom stereocenters. The first-order valence-corrected chi connectivity index (χ1v) is 8.97. The van der Waals surface area contributed by atoms with Gasteiger partial charge in [-0.2, -0.15) is 0 Å². The quantitative estimate of drug-likeness (QED) is 0.776. The number of nitrogens with one attached hydrogen (secondary N) is 2. The molecule has 1 aromatic carbocycles. The molecule has 0 saturated carbocycles. The summed E-state index contributed by atoms with van der Waals surface area (Å²) in [5.41, 5.74) is 1.10. The third kappa shape index (κ3) is 6.05. The Morgan fingerprint density at radius 1 is 1.24 bits per heavy atom. The van der Waals surface area contributed by atoms with Crippen LogP contribution in [0.1, 0.15) is 43.5 Å². The summed E-state index contributed by atoms with van der Waals surface area (Å²) >= 11 is 0. The van der Waals surface area contributed by atoms with Crippen molar-refractivity contribution in [1.29, 1.82) is 0 Å². The van der Waals surface area contributed by atoms with E-state index in [9.17, 15) is 9.59 Å². The van der Waals surface area contributed by atoms with Crippen LogP contribution in [0.4, 0.5) is 10.5 Å². The molecule has 0 radical (unpaired) electrons. The van der Waals surface area contributed by atoms with Crippen molar-refractivity contribution in [2.45, 2.75) is 39.2 Å². The lowest BCUT2D eigenvalue weighted by Crippen LogP contribution is -2.48. The summed E-state index contributed by atoms with van der Waals surface area (Å²) in [6, 6.07) is 6.83. The lowest BCUT2D eigenvalue weighted by Gasteiger charge is -2.36. The van der Waals surface area contributed by atoms with Crippen LogP contribution in [0.25, 0.3) is 0 Å². The van der Waals surface area contributed by atoms with Gasteiger partial charge in [0.05, 0.1) is 12.7 Å². The molecule has 1 saturated heterocycles. The SMILES string of the molecule is COC(=O)c1ccc(NC(=O)NC[C@@H]2CCCCN2CC(C)C)cc1. The van der Waals surface area contributed by atoms with Gasteiger partial charge in [-0.3, -0.25) is 4.90 Å². The third-order valence-electron chi connectivity index (χ3n) is 4.41. The van der Waals surface area contributed by atoms with Crippen LogP contribution in [0.5, 0.6) is 0 Å². The summed E-state index contributed by atoms with van der Waals surface area (Å²) < 4.78 is 4.66. The zero-order valence-corrected chi connectivity index (χ0v) is 15.4. The van der Waals surface area contributed by atoms with E-state index in [1.807, 2.05) is 0 Å². The number of carbonyl (C=O) groups is 2. The lowest BCUT2D eigenvalue weighted by molar-refractivity contribution is 0.0600. The fraction of sp³-hybridized carbons (Fsp3) is 0.579. The van der Waals surface area contributed by atoms with E-state index in [1.54, 1.807) is 24.3 Å². The van der Waals surface area contributed by atoms with E-state index in [1.165, 1.54) is 20.0 Å². The zero-order chi connectivity index (χ0) is 18.2. The van der Waals surface area contributed by atoms with Gasteiger partial charge in [0.15, 0.2) is 0 Å². The minimum absolute atomic E-state index is 0.221. The number of likely N-dealkylation sites (tertiary alicyclic amines) is 1. The Balaban J connectivity index is 1.82. The van der Waals surface area contributed by atoms with Gasteiger partial charge in [-0.15, -0.1) is 0 Å². The van der Waals surface area contributed by atoms with Crippen LogP contribution in [-0.2, 0) is 4.74 Å². The van der Waals surface area contributed by atoms with E-state index in [0.717, 1.165) is 19.5 Å². The highest BCUT2D eigenvalue weighted by atomic mass is 16.5. The van der Waals surface area contributed by atoms with E-state index in [0.29, 0.717) is 29.8 Å². The third-order valence-corrected chi connectivity index (χ3v) is 4.41. The molecular weight excluding hydrogens is 318 g/mol. The van der Waals surface area contributed by atoms with E-state index < -0.39 is 5.97 Å².